The van der Waals surface area contributed by atoms with Crippen LogP contribution >= 0.6 is 23.5 Å². The molecule has 0 spiro atoms. The molecule has 0 unspecified atom stereocenters. The standard InChI is InChI=1S/C20H22N2OS2/c1-3-14(2)15-8-10-17(11-9-15)21-19(23)13-25-20-22-18-7-5-4-6-16(18)12-24-20/h4-11,14H,3,12-13H2,1-2H3,(H,21,23)/t14-/m0/s1. The molecule has 0 fully saturated rings. The second-order valence-electron chi connectivity index (χ2n) is 6.06. The highest BCUT2D eigenvalue weighted by Crippen LogP contribution is 2.34. The predicted octanol–water partition coefficient (Wildman–Crippen LogP) is 5.81. The van der Waals surface area contributed by atoms with Crippen LogP contribution in [0.4, 0.5) is 11.4 Å². The molecule has 0 aromatic heterocycles. The Hall–Kier alpha value is -1.72. The SMILES string of the molecule is CC[C@H](C)c1ccc(NC(=O)CSC2=Nc3ccccc3CS2)cc1. The van der Waals surface area contributed by atoms with Crippen LogP contribution in [0.25, 0.3) is 0 Å². The molecule has 130 valence electrons. The summed E-state index contributed by atoms with van der Waals surface area (Å²) in [4.78, 5) is 16.8. The third-order valence-corrected chi connectivity index (χ3v) is 6.50. The van der Waals surface area contributed by atoms with Crippen molar-refractivity contribution in [1.29, 1.82) is 0 Å². The highest BCUT2D eigenvalue weighted by Gasteiger charge is 2.14. The van der Waals surface area contributed by atoms with E-state index in [1.807, 2.05) is 30.3 Å². The summed E-state index contributed by atoms with van der Waals surface area (Å²) in [7, 11) is 0. The number of anilines is 1. The minimum Gasteiger partial charge on any atom is -0.325 e. The monoisotopic (exact) mass is 370 g/mol. The summed E-state index contributed by atoms with van der Waals surface area (Å²) in [5.74, 6) is 1.84. The average Bonchev–Trinajstić information content (AvgIpc) is 2.66. The van der Waals surface area contributed by atoms with Crippen molar-refractivity contribution in [2.24, 2.45) is 4.99 Å². The van der Waals surface area contributed by atoms with Crippen molar-refractivity contribution in [3.05, 3.63) is 59.7 Å². The molecule has 0 aliphatic carbocycles. The Labute approximate surface area is 157 Å². The lowest BCUT2D eigenvalue weighted by Crippen LogP contribution is -2.15. The maximum atomic E-state index is 12.2. The molecule has 1 aliphatic heterocycles. The van der Waals surface area contributed by atoms with E-state index in [2.05, 4.69) is 42.4 Å². The quantitative estimate of drug-likeness (QED) is 0.722. The fourth-order valence-electron chi connectivity index (χ4n) is 2.54. The van der Waals surface area contributed by atoms with E-state index in [0.29, 0.717) is 11.7 Å². The van der Waals surface area contributed by atoms with Crippen molar-refractivity contribution >= 4 is 45.2 Å². The number of hydrogen-bond donors (Lipinski definition) is 1. The lowest BCUT2D eigenvalue weighted by molar-refractivity contribution is -0.113. The number of carbonyl (C=O) groups excluding carboxylic acids is 1. The summed E-state index contributed by atoms with van der Waals surface area (Å²) in [5.41, 5.74) is 4.43. The highest BCUT2D eigenvalue weighted by atomic mass is 32.2. The maximum Gasteiger partial charge on any atom is 0.234 e. The third-order valence-electron chi connectivity index (χ3n) is 4.26. The smallest absolute Gasteiger partial charge is 0.234 e. The van der Waals surface area contributed by atoms with Gasteiger partial charge in [0.05, 0.1) is 11.4 Å². The van der Waals surface area contributed by atoms with Gasteiger partial charge in [-0.3, -0.25) is 4.79 Å². The molecule has 1 atom stereocenters. The van der Waals surface area contributed by atoms with E-state index in [9.17, 15) is 4.79 Å². The summed E-state index contributed by atoms with van der Waals surface area (Å²) in [6, 6.07) is 16.3. The van der Waals surface area contributed by atoms with Gasteiger partial charge in [0.15, 0.2) is 0 Å². The number of aliphatic imine (C=N–C) groups is 1. The first kappa shape index (κ1) is 18.1. The van der Waals surface area contributed by atoms with Gasteiger partial charge >= 0.3 is 0 Å². The van der Waals surface area contributed by atoms with E-state index < -0.39 is 0 Å². The summed E-state index contributed by atoms with van der Waals surface area (Å²) in [5, 5.41) is 2.96. The van der Waals surface area contributed by atoms with Crippen LogP contribution in [0, 0.1) is 0 Å². The number of nitrogens with zero attached hydrogens (tertiary/aromatic N) is 1. The average molecular weight is 371 g/mol. The number of nitrogens with one attached hydrogen (secondary N) is 1. The van der Waals surface area contributed by atoms with Crippen LogP contribution < -0.4 is 5.32 Å². The molecule has 5 heteroatoms. The van der Waals surface area contributed by atoms with Crippen LogP contribution in [0.5, 0.6) is 0 Å². The molecule has 3 nitrogen and oxygen atoms in total. The Bertz CT molecular complexity index is 772. The zero-order valence-electron chi connectivity index (χ0n) is 14.5. The topological polar surface area (TPSA) is 41.5 Å². The summed E-state index contributed by atoms with van der Waals surface area (Å²) >= 11 is 3.20. The molecule has 25 heavy (non-hydrogen) atoms. The third kappa shape index (κ3) is 4.89. The summed E-state index contributed by atoms with van der Waals surface area (Å²) in [6.45, 7) is 4.40. The molecular formula is C20H22N2OS2. The number of para-hydroxylation sites is 1. The number of benzene rings is 2. The van der Waals surface area contributed by atoms with Gasteiger partial charge in [-0.1, -0.05) is 67.7 Å². The van der Waals surface area contributed by atoms with E-state index in [1.165, 1.54) is 22.9 Å². The first-order valence-electron chi connectivity index (χ1n) is 8.47. The Balaban J connectivity index is 1.53. The number of carbonyl (C=O) groups is 1. The Kier molecular flexibility index (Phi) is 6.21. The molecule has 0 bridgehead atoms. The van der Waals surface area contributed by atoms with E-state index in [4.69, 9.17) is 0 Å². The van der Waals surface area contributed by atoms with Gasteiger partial charge in [0.25, 0.3) is 0 Å². The number of fused-ring (bicyclic) bond motifs is 1. The van der Waals surface area contributed by atoms with Crippen molar-refractivity contribution in [2.75, 3.05) is 11.1 Å². The van der Waals surface area contributed by atoms with Gasteiger partial charge in [0.1, 0.15) is 4.38 Å². The largest absolute Gasteiger partial charge is 0.325 e. The minimum atomic E-state index is 0.00319. The van der Waals surface area contributed by atoms with Gasteiger partial charge in [-0.2, -0.15) is 0 Å². The summed E-state index contributed by atoms with van der Waals surface area (Å²) < 4.78 is 0.959. The summed E-state index contributed by atoms with van der Waals surface area (Å²) in [6.07, 6.45) is 1.12. The molecule has 2 aromatic carbocycles. The van der Waals surface area contributed by atoms with Gasteiger partial charge < -0.3 is 5.32 Å². The van der Waals surface area contributed by atoms with E-state index in [0.717, 1.165) is 27.9 Å². The van der Waals surface area contributed by atoms with Crippen LogP contribution in [-0.4, -0.2) is 16.0 Å². The zero-order valence-corrected chi connectivity index (χ0v) is 16.1. The fraction of sp³-hybridized carbons (Fsp3) is 0.300. The van der Waals surface area contributed by atoms with Crippen molar-refractivity contribution in [2.45, 2.75) is 31.9 Å². The molecule has 1 heterocycles. The predicted molar refractivity (Wildman–Crippen MR) is 111 cm³/mol. The van der Waals surface area contributed by atoms with Gasteiger partial charge in [-0.25, -0.2) is 4.99 Å². The molecule has 3 rings (SSSR count). The van der Waals surface area contributed by atoms with Crippen LogP contribution in [0.15, 0.2) is 53.5 Å². The van der Waals surface area contributed by atoms with Crippen LogP contribution in [0.3, 0.4) is 0 Å². The molecule has 1 amide bonds. The zero-order chi connectivity index (χ0) is 17.6. The Morgan fingerprint density at radius 2 is 2.00 bits per heavy atom. The second-order valence-corrected chi connectivity index (χ2v) is 8.25. The fourth-order valence-corrected chi connectivity index (χ4v) is 4.40. The Morgan fingerprint density at radius 3 is 2.76 bits per heavy atom. The van der Waals surface area contributed by atoms with Gasteiger partial charge in [0.2, 0.25) is 5.91 Å². The highest BCUT2D eigenvalue weighted by molar-refractivity contribution is 8.38. The number of amides is 1. The number of rotatable bonds is 5. The molecule has 1 aliphatic rings. The Morgan fingerprint density at radius 1 is 1.24 bits per heavy atom. The van der Waals surface area contributed by atoms with Gasteiger partial charge in [-0.15, -0.1) is 0 Å². The second kappa shape index (κ2) is 8.59. The first-order valence-corrected chi connectivity index (χ1v) is 10.4. The van der Waals surface area contributed by atoms with Crippen LogP contribution in [0.2, 0.25) is 0 Å². The van der Waals surface area contributed by atoms with E-state index in [-0.39, 0.29) is 5.91 Å². The molecule has 2 aromatic rings. The van der Waals surface area contributed by atoms with E-state index >= 15 is 0 Å². The lowest BCUT2D eigenvalue weighted by Gasteiger charge is -2.14. The van der Waals surface area contributed by atoms with Gasteiger partial charge in [-0.05, 0) is 41.7 Å². The first-order chi connectivity index (χ1) is 12.2. The molecule has 0 saturated heterocycles. The molecular weight excluding hydrogens is 348 g/mol. The van der Waals surface area contributed by atoms with Crippen LogP contribution in [-0.2, 0) is 10.5 Å². The minimum absolute atomic E-state index is 0.00319. The van der Waals surface area contributed by atoms with Crippen LogP contribution in [0.1, 0.15) is 37.3 Å². The van der Waals surface area contributed by atoms with Crippen molar-refractivity contribution < 1.29 is 4.79 Å². The number of thioether (sulfide) groups is 2. The molecule has 0 radical (unpaired) electrons. The normalized spacial score (nSPS) is 14.4. The van der Waals surface area contributed by atoms with E-state index in [1.54, 1.807) is 11.8 Å². The van der Waals surface area contributed by atoms with Crippen molar-refractivity contribution in [3.8, 4) is 0 Å². The van der Waals surface area contributed by atoms with Crippen molar-refractivity contribution in [3.63, 3.8) is 0 Å². The molecule has 1 N–H and O–H groups in total. The lowest BCUT2D eigenvalue weighted by atomic mass is 9.99. The number of hydrogen-bond acceptors (Lipinski definition) is 4. The maximum absolute atomic E-state index is 12.2. The van der Waals surface area contributed by atoms with Gasteiger partial charge in [0, 0.05) is 11.4 Å². The molecule has 0 saturated carbocycles. The van der Waals surface area contributed by atoms with Crippen molar-refractivity contribution in [1.82, 2.24) is 0 Å².